The van der Waals surface area contributed by atoms with Gasteiger partial charge in [0.1, 0.15) is 11.4 Å². The molecule has 2 aliphatic carbocycles. The second-order valence-corrected chi connectivity index (χ2v) is 9.43. The Morgan fingerprint density at radius 2 is 1.93 bits per heavy atom. The van der Waals surface area contributed by atoms with Gasteiger partial charge in [-0.3, -0.25) is 14.2 Å². The second kappa shape index (κ2) is 7.41. The molecule has 0 bridgehead atoms. The van der Waals surface area contributed by atoms with Gasteiger partial charge in [-0.2, -0.15) is 0 Å². The Labute approximate surface area is 173 Å². The van der Waals surface area contributed by atoms with Crippen LogP contribution in [0.3, 0.4) is 0 Å². The molecule has 0 radical (unpaired) electrons. The second-order valence-electron chi connectivity index (χ2n) is 8.35. The van der Waals surface area contributed by atoms with Crippen molar-refractivity contribution in [2.75, 3.05) is 6.54 Å². The predicted molar refractivity (Wildman–Crippen MR) is 116 cm³/mol. The molecule has 2 aliphatic rings. The van der Waals surface area contributed by atoms with Crippen molar-refractivity contribution in [2.24, 2.45) is 0 Å². The molecule has 5 nitrogen and oxygen atoms in total. The number of carbonyl (C=O) groups is 1. The highest BCUT2D eigenvalue weighted by Crippen LogP contribution is 2.47. The van der Waals surface area contributed by atoms with Gasteiger partial charge >= 0.3 is 0 Å². The first-order chi connectivity index (χ1) is 14.2. The molecule has 0 atom stereocenters. The summed E-state index contributed by atoms with van der Waals surface area (Å²) in [5, 5.41) is 3.79. The maximum absolute atomic E-state index is 13.1. The quantitative estimate of drug-likeness (QED) is 0.658. The Bertz CT molecular complexity index is 1110. The molecular formula is C23H25N3O2S. The lowest BCUT2D eigenvalue weighted by Gasteiger charge is -2.17. The monoisotopic (exact) mass is 407 g/mol. The summed E-state index contributed by atoms with van der Waals surface area (Å²) in [6, 6.07) is 10.4. The van der Waals surface area contributed by atoms with E-state index >= 15 is 0 Å². The number of aryl methyl sites for hydroxylation is 2. The Morgan fingerprint density at radius 3 is 2.72 bits per heavy atom. The molecule has 0 unspecified atom stereocenters. The molecular weight excluding hydrogens is 382 g/mol. The summed E-state index contributed by atoms with van der Waals surface area (Å²) in [5.74, 6) is -0.128. The third kappa shape index (κ3) is 3.50. The number of hydrogen-bond acceptors (Lipinski definition) is 4. The van der Waals surface area contributed by atoms with E-state index in [2.05, 4.69) is 22.4 Å². The molecule has 1 aromatic carbocycles. The highest BCUT2D eigenvalue weighted by Gasteiger charge is 2.44. The molecule has 29 heavy (non-hydrogen) atoms. The van der Waals surface area contributed by atoms with E-state index in [-0.39, 0.29) is 23.4 Å². The molecule has 5 rings (SSSR count). The molecule has 6 heteroatoms. The lowest BCUT2D eigenvalue weighted by atomic mass is 9.96. The van der Waals surface area contributed by atoms with E-state index in [0.29, 0.717) is 6.54 Å². The summed E-state index contributed by atoms with van der Waals surface area (Å²) in [7, 11) is 0. The minimum absolute atomic E-state index is 0.0251. The number of nitrogens with zero attached hydrogens (tertiary/aromatic N) is 2. The third-order valence-corrected chi connectivity index (χ3v) is 7.57. The van der Waals surface area contributed by atoms with Gasteiger partial charge in [-0.25, -0.2) is 4.98 Å². The van der Waals surface area contributed by atoms with Crippen molar-refractivity contribution in [3.8, 4) is 0 Å². The number of amides is 1. The molecule has 1 amide bonds. The zero-order chi connectivity index (χ0) is 19.8. The fraction of sp³-hybridized carbons (Fsp3) is 0.435. The molecule has 2 heterocycles. The molecule has 150 valence electrons. The molecule has 1 N–H and O–H groups in total. The maximum atomic E-state index is 13.1. The van der Waals surface area contributed by atoms with Crippen molar-refractivity contribution in [2.45, 2.75) is 56.9 Å². The Kier molecular flexibility index (Phi) is 4.74. The van der Waals surface area contributed by atoms with E-state index in [4.69, 9.17) is 0 Å². The van der Waals surface area contributed by atoms with Crippen LogP contribution in [0.4, 0.5) is 0 Å². The molecule has 2 aromatic heterocycles. The van der Waals surface area contributed by atoms with Gasteiger partial charge in [-0.15, -0.1) is 11.3 Å². The van der Waals surface area contributed by atoms with Crippen LogP contribution in [-0.2, 0) is 29.6 Å². The zero-order valence-corrected chi connectivity index (χ0v) is 17.3. The number of fused-ring (bicyclic) bond motifs is 3. The summed E-state index contributed by atoms with van der Waals surface area (Å²) >= 11 is 1.65. The van der Waals surface area contributed by atoms with Crippen LogP contribution in [0.2, 0.25) is 0 Å². The molecule has 1 saturated carbocycles. The molecule has 1 fully saturated rings. The minimum Gasteiger partial charge on any atom is -0.354 e. The van der Waals surface area contributed by atoms with E-state index in [0.717, 1.165) is 42.3 Å². The third-order valence-electron chi connectivity index (χ3n) is 6.37. The van der Waals surface area contributed by atoms with Gasteiger partial charge in [-0.1, -0.05) is 36.8 Å². The molecule has 3 aromatic rings. The largest absolute Gasteiger partial charge is 0.354 e. The van der Waals surface area contributed by atoms with Crippen molar-refractivity contribution >= 4 is 27.5 Å². The van der Waals surface area contributed by atoms with Gasteiger partial charge in [0.05, 0.1) is 11.7 Å². The molecule has 0 spiro atoms. The number of thiophene rings is 1. The van der Waals surface area contributed by atoms with Crippen LogP contribution in [0.15, 0.2) is 41.5 Å². The van der Waals surface area contributed by atoms with Crippen molar-refractivity contribution in [1.29, 1.82) is 0 Å². The highest BCUT2D eigenvalue weighted by molar-refractivity contribution is 7.18. The van der Waals surface area contributed by atoms with Gasteiger partial charge in [-0.05, 0) is 49.7 Å². The lowest BCUT2D eigenvalue weighted by Crippen LogP contribution is -2.36. The number of nitrogens with one attached hydrogen (secondary N) is 1. The summed E-state index contributed by atoms with van der Waals surface area (Å²) in [6.07, 6.45) is 9.21. The minimum atomic E-state index is -0.128. The van der Waals surface area contributed by atoms with Crippen LogP contribution in [0.1, 0.15) is 48.1 Å². The fourth-order valence-corrected chi connectivity index (χ4v) is 5.68. The van der Waals surface area contributed by atoms with Crippen molar-refractivity contribution in [3.05, 3.63) is 63.0 Å². The predicted octanol–water partition coefficient (Wildman–Crippen LogP) is 3.57. The van der Waals surface area contributed by atoms with Crippen LogP contribution in [0.5, 0.6) is 0 Å². The van der Waals surface area contributed by atoms with Gasteiger partial charge < -0.3 is 5.32 Å². The average molecular weight is 408 g/mol. The smallest absolute Gasteiger partial charge is 0.262 e. The number of hydrogen-bond donors (Lipinski definition) is 1. The number of carbonyl (C=O) groups excluding carboxylic acids is 1. The van der Waals surface area contributed by atoms with Crippen LogP contribution >= 0.6 is 11.3 Å². The fourth-order valence-electron chi connectivity index (χ4n) is 4.46. The first kappa shape index (κ1) is 18.6. The summed E-state index contributed by atoms with van der Waals surface area (Å²) < 4.78 is 1.47. The average Bonchev–Trinajstić information content (AvgIpc) is 3.50. The van der Waals surface area contributed by atoms with E-state index in [9.17, 15) is 9.59 Å². The number of rotatable bonds is 5. The van der Waals surface area contributed by atoms with Crippen LogP contribution in [0, 0.1) is 0 Å². The van der Waals surface area contributed by atoms with E-state index in [1.54, 1.807) is 11.3 Å². The van der Waals surface area contributed by atoms with Crippen LogP contribution in [-0.4, -0.2) is 22.0 Å². The summed E-state index contributed by atoms with van der Waals surface area (Å²) in [6.45, 7) is 0.644. The van der Waals surface area contributed by atoms with E-state index in [1.165, 1.54) is 39.7 Å². The van der Waals surface area contributed by atoms with Crippen LogP contribution in [0.25, 0.3) is 10.2 Å². The SMILES string of the molecule is O=C(Cn1cnc2sc3c(c2c1=O)CCCCC3)NCC1(c2ccccc2)CC1. The Hall–Kier alpha value is -2.47. The maximum Gasteiger partial charge on any atom is 0.262 e. The lowest BCUT2D eigenvalue weighted by molar-refractivity contribution is -0.121. The molecule has 0 aliphatic heterocycles. The first-order valence-electron chi connectivity index (χ1n) is 10.5. The number of benzene rings is 1. The normalized spacial score (nSPS) is 17.5. The van der Waals surface area contributed by atoms with E-state index < -0.39 is 0 Å². The zero-order valence-electron chi connectivity index (χ0n) is 16.4. The topological polar surface area (TPSA) is 64.0 Å². The summed E-state index contributed by atoms with van der Waals surface area (Å²) in [5.41, 5.74) is 2.44. The van der Waals surface area contributed by atoms with E-state index in [1.807, 2.05) is 18.2 Å². The molecule has 0 saturated heterocycles. The number of aromatic nitrogens is 2. The Balaban J connectivity index is 1.33. The van der Waals surface area contributed by atoms with Crippen molar-refractivity contribution < 1.29 is 4.79 Å². The van der Waals surface area contributed by atoms with Crippen molar-refractivity contribution in [3.63, 3.8) is 0 Å². The highest BCUT2D eigenvalue weighted by atomic mass is 32.1. The first-order valence-corrected chi connectivity index (χ1v) is 11.3. The van der Waals surface area contributed by atoms with Gasteiger partial charge in [0.2, 0.25) is 5.91 Å². The van der Waals surface area contributed by atoms with Gasteiger partial charge in [0.15, 0.2) is 0 Å². The summed E-state index contributed by atoms with van der Waals surface area (Å²) in [4.78, 5) is 32.3. The standard InChI is InChI=1S/C23H25N3O2S/c27-19(24-14-23(11-12-23)16-7-3-1-4-8-16)13-26-15-25-21-20(22(26)28)17-9-5-2-6-10-18(17)29-21/h1,3-4,7-8,15H,2,5-6,9-14H2,(H,24,27). The van der Waals surface area contributed by atoms with Gasteiger partial charge in [0, 0.05) is 16.8 Å². The van der Waals surface area contributed by atoms with Crippen molar-refractivity contribution in [1.82, 2.24) is 14.9 Å². The van der Waals surface area contributed by atoms with Gasteiger partial charge in [0.25, 0.3) is 5.56 Å². The Morgan fingerprint density at radius 1 is 1.14 bits per heavy atom. The van der Waals surface area contributed by atoms with Crippen LogP contribution < -0.4 is 10.9 Å².